The predicted molar refractivity (Wildman–Crippen MR) is 77.6 cm³/mol. The Morgan fingerprint density at radius 3 is 2.55 bits per heavy atom. The lowest BCUT2D eigenvalue weighted by atomic mass is 10.2. The Labute approximate surface area is 122 Å². The maximum atomic E-state index is 11.3. The molecule has 2 aromatic rings. The van der Waals surface area contributed by atoms with Crippen molar-refractivity contribution in [3.05, 3.63) is 64.4 Å². The van der Waals surface area contributed by atoms with Crippen LogP contribution in [0.15, 0.2) is 42.6 Å². The number of esters is 1. The molecule has 0 atom stereocenters. The van der Waals surface area contributed by atoms with E-state index in [0.717, 1.165) is 22.8 Å². The molecule has 0 saturated carbocycles. The van der Waals surface area contributed by atoms with Gasteiger partial charge in [0.15, 0.2) is 0 Å². The van der Waals surface area contributed by atoms with E-state index in [1.54, 1.807) is 12.1 Å². The molecule has 5 heteroatoms. The van der Waals surface area contributed by atoms with Crippen LogP contribution in [0.25, 0.3) is 0 Å². The number of hydrogen-bond acceptors (Lipinski definition) is 4. The van der Waals surface area contributed by atoms with Gasteiger partial charge >= 0.3 is 5.97 Å². The quantitative estimate of drug-likeness (QED) is 0.860. The van der Waals surface area contributed by atoms with Gasteiger partial charge < -0.3 is 10.1 Å². The zero-order valence-corrected chi connectivity index (χ0v) is 11.9. The first-order chi connectivity index (χ1) is 9.69. The van der Waals surface area contributed by atoms with E-state index >= 15 is 0 Å². The molecule has 0 radical (unpaired) electrons. The fraction of sp³-hybridized carbons (Fsp3) is 0.200. The van der Waals surface area contributed by atoms with Gasteiger partial charge in [-0.1, -0.05) is 23.7 Å². The van der Waals surface area contributed by atoms with E-state index < -0.39 is 0 Å². The van der Waals surface area contributed by atoms with Crippen molar-refractivity contribution in [1.29, 1.82) is 0 Å². The van der Waals surface area contributed by atoms with E-state index in [1.165, 1.54) is 13.3 Å². The number of nitrogens with one attached hydrogen (secondary N) is 1. The fourth-order valence-electron chi connectivity index (χ4n) is 1.70. The number of hydrogen-bond donors (Lipinski definition) is 1. The average molecular weight is 291 g/mol. The number of pyridine rings is 1. The molecule has 2 rings (SSSR count). The summed E-state index contributed by atoms with van der Waals surface area (Å²) >= 11 is 5.83. The minimum Gasteiger partial charge on any atom is -0.465 e. The second-order valence-corrected chi connectivity index (χ2v) is 4.70. The van der Waals surface area contributed by atoms with Gasteiger partial charge in [0.25, 0.3) is 0 Å². The van der Waals surface area contributed by atoms with Crippen LogP contribution in [0.4, 0.5) is 0 Å². The van der Waals surface area contributed by atoms with Crippen molar-refractivity contribution >= 4 is 17.6 Å². The smallest absolute Gasteiger partial charge is 0.339 e. The zero-order chi connectivity index (χ0) is 14.4. The van der Waals surface area contributed by atoms with Gasteiger partial charge in [0.05, 0.1) is 18.4 Å². The van der Waals surface area contributed by atoms with E-state index in [0.29, 0.717) is 12.1 Å². The van der Waals surface area contributed by atoms with Crippen LogP contribution in [0.5, 0.6) is 0 Å². The third kappa shape index (κ3) is 4.05. The summed E-state index contributed by atoms with van der Waals surface area (Å²) in [6.07, 6.45) is 1.52. The highest BCUT2D eigenvalue weighted by molar-refractivity contribution is 6.30. The summed E-state index contributed by atoms with van der Waals surface area (Å²) in [5.41, 5.74) is 2.47. The van der Waals surface area contributed by atoms with Crippen molar-refractivity contribution in [2.24, 2.45) is 0 Å². The molecule has 0 aliphatic rings. The Bertz CT molecular complexity index is 567. The summed E-state index contributed by atoms with van der Waals surface area (Å²) in [7, 11) is 1.35. The summed E-state index contributed by atoms with van der Waals surface area (Å²) in [6, 6.07) is 11.2. The third-order valence-electron chi connectivity index (χ3n) is 2.79. The molecule has 0 saturated heterocycles. The van der Waals surface area contributed by atoms with Gasteiger partial charge in [-0.25, -0.2) is 4.79 Å². The second-order valence-electron chi connectivity index (χ2n) is 4.26. The number of ether oxygens (including phenoxy) is 1. The van der Waals surface area contributed by atoms with Gasteiger partial charge in [0.2, 0.25) is 0 Å². The third-order valence-corrected chi connectivity index (χ3v) is 3.05. The topological polar surface area (TPSA) is 51.2 Å². The lowest BCUT2D eigenvalue weighted by molar-refractivity contribution is 0.0600. The number of methoxy groups -OCH3 is 1. The largest absolute Gasteiger partial charge is 0.465 e. The molecule has 1 aromatic heterocycles. The summed E-state index contributed by atoms with van der Waals surface area (Å²) < 4.78 is 4.62. The second kappa shape index (κ2) is 7.03. The van der Waals surface area contributed by atoms with Gasteiger partial charge in [-0.3, -0.25) is 4.98 Å². The first-order valence-corrected chi connectivity index (χ1v) is 6.55. The van der Waals surface area contributed by atoms with Crippen molar-refractivity contribution in [3.63, 3.8) is 0 Å². The molecule has 1 aromatic carbocycles. The number of aromatic nitrogens is 1. The van der Waals surface area contributed by atoms with E-state index in [1.807, 2.05) is 24.3 Å². The molecule has 0 fully saturated rings. The lowest BCUT2D eigenvalue weighted by Gasteiger charge is -2.05. The monoisotopic (exact) mass is 290 g/mol. The van der Waals surface area contributed by atoms with E-state index in [9.17, 15) is 4.79 Å². The Kier molecular flexibility index (Phi) is 5.09. The molecule has 0 unspecified atom stereocenters. The number of carbonyl (C=O) groups is 1. The molecule has 1 heterocycles. The number of nitrogens with zero attached hydrogens (tertiary/aromatic N) is 1. The Balaban J connectivity index is 1.85. The highest BCUT2D eigenvalue weighted by Gasteiger charge is 2.05. The van der Waals surface area contributed by atoms with Crippen LogP contribution in [-0.4, -0.2) is 18.1 Å². The fourth-order valence-corrected chi connectivity index (χ4v) is 1.83. The predicted octanol–water partition coefficient (Wildman–Crippen LogP) is 2.81. The molecule has 0 spiro atoms. The number of halogens is 1. The van der Waals surface area contributed by atoms with Crippen molar-refractivity contribution in [3.8, 4) is 0 Å². The molecule has 0 bridgehead atoms. The molecule has 0 aliphatic carbocycles. The van der Waals surface area contributed by atoms with Gasteiger partial charge in [-0.2, -0.15) is 0 Å². The van der Waals surface area contributed by atoms with Crippen LogP contribution in [0.1, 0.15) is 21.6 Å². The molecule has 20 heavy (non-hydrogen) atoms. The Morgan fingerprint density at radius 1 is 1.20 bits per heavy atom. The molecular weight excluding hydrogens is 276 g/mol. The van der Waals surface area contributed by atoms with Crippen molar-refractivity contribution < 1.29 is 9.53 Å². The van der Waals surface area contributed by atoms with Crippen LogP contribution in [0.3, 0.4) is 0 Å². The van der Waals surface area contributed by atoms with E-state index in [4.69, 9.17) is 11.6 Å². The SMILES string of the molecule is COC(=O)c1ccc(CNCc2ccc(Cl)cc2)nc1. The number of carbonyl (C=O) groups excluding carboxylic acids is 1. The van der Waals surface area contributed by atoms with Crippen molar-refractivity contribution in [1.82, 2.24) is 10.3 Å². The molecule has 104 valence electrons. The first kappa shape index (κ1) is 14.5. The molecular formula is C15H15ClN2O2. The maximum absolute atomic E-state index is 11.3. The average Bonchev–Trinajstić information content (AvgIpc) is 2.49. The number of benzene rings is 1. The van der Waals surface area contributed by atoms with Crippen LogP contribution in [-0.2, 0) is 17.8 Å². The standard InChI is InChI=1S/C15H15ClN2O2/c1-20-15(19)12-4-7-14(18-9-12)10-17-8-11-2-5-13(16)6-3-11/h2-7,9,17H,8,10H2,1H3. The molecule has 0 amide bonds. The highest BCUT2D eigenvalue weighted by atomic mass is 35.5. The zero-order valence-electron chi connectivity index (χ0n) is 11.1. The molecule has 1 N–H and O–H groups in total. The van der Waals surface area contributed by atoms with Crippen molar-refractivity contribution in [2.75, 3.05) is 7.11 Å². The van der Waals surface area contributed by atoms with Crippen LogP contribution in [0, 0.1) is 0 Å². The summed E-state index contributed by atoms with van der Waals surface area (Å²) in [6.45, 7) is 1.36. The van der Waals surface area contributed by atoms with Gasteiger partial charge in [-0.15, -0.1) is 0 Å². The highest BCUT2D eigenvalue weighted by Crippen LogP contribution is 2.09. The minimum atomic E-state index is -0.377. The number of rotatable bonds is 5. The normalized spacial score (nSPS) is 10.3. The summed E-state index contributed by atoms with van der Waals surface area (Å²) in [5, 5.41) is 4.01. The molecule has 4 nitrogen and oxygen atoms in total. The lowest BCUT2D eigenvalue weighted by Crippen LogP contribution is -2.14. The maximum Gasteiger partial charge on any atom is 0.339 e. The van der Waals surface area contributed by atoms with Crippen LogP contribution >= 0.6 is 11.6 Å². The summed E-state index contributed by atoms with van der Waals surface area (Å²) in [4.78, 5) is 15.5. The Hall–Kier alpha value is -1.91. The van der Waals surface area contributed by atoms with Crippen LogP contribution in [0.2, 0.25) is 5.02 Å². The van der Waals surface area contributed by atoms with Crippen molar-refractivity contribution in [2.45, 2.75) is 13.1 Å². The van der Waals surface area contributed by atoms with Gasteiger partial charge in [-0.05, 0) is 29.8 Å². The first-order valence-electron chi connectivity index (χ1n) is 6.17. The van der Waals surface area contributed by atoms with E-state index in [-0.39, 0.29) is 5.97 Å². The van der Waals surface area contributed by atoms with Gasteiger partial charge in [0, 0.05) is 24.3 Å². The van der Waals surface area contributed by atoms with Crippen LogP contribution < -0.4 is 5.32 Å². The molecule has 0 aliphatic heterocycles. The van der Waals surface area contributed by atoms with E-state index in [2.05, 4.69) is 15.0 Å². The minimum absolute atomic E-state index is 0.377. The van der Waals surface area contributed by atoms with Gasteiger partial charge in [0.1, 0.15) is 0 Å². The Morgan fingerprint density at radius 2 is 1.95 bits per heavy atom. The summed E-state index contributed by atoms with van der Waals surface area (Å²) in [5.74, 6) is -0.377.